The van der Waals surface area contributed by atoms with Crippen molar-refractivity contribution in [3.05, 3.63) is 24.5 Å². The summed E-state index contributed by atoms with van der Waals surface area (Å²) in [7, 11) is 0. The van der Waals surface area contributed by atoms with Crippen LogP contribution < -0.4 is 5.32 Å². The number of rotatable bonds is 3. The number of carbonyl (C=O) groups is 1. The summed E-state index contributed by atoms with van der Waals surface area (Å²) in [4.78, 5) is 15.8. The predicted octanol–water partition coefficient (Wildman–Crippen LogP) is 1.78. The maximum Gasteiger partial charge on any atom is 0.311 e. The molecule has 0 radical (unpaired) electrons. The first-order valence-electron chi connectivity index (χ1n) is 6.40. The summed E-state index contributed by atoms with van der Waals surface area (Å²) >= 11 is 0. The van der Waals surface area contributed by atoms with E-state index in [2.05, 4.69) is 15.4 Å². The van der Waals surface area contributed by atoms with Crippen molar-refractivity contribution in [1.29, 1.82) is 0 Å². The smallest absolute Gasteiger partial charge is 0.311 e. The quantitative estimate of drug-likeness (QED) is 0.879. The molecular formula is C13H16N4O2. The summed E-state index contributed by atoms with van der Waals surface area (Å²) in [6.07, 6.45) is 5.99. The fourth-order valence-corrected chi connectivity index (χ4v) is 2.73. The van der Waals surface area contributed by atoms with Crippen LogP contribution in [0.25, 0.3) is 5.65 Å². The van der Waals surface area contributed by atoms with Gasteiger partial charge in [0.2, 0.25) is 0 Å². The molecule has 6 nitrogen and oxygen atoms in total. The zero-order valence-electron chi connectivity index (χ0n) is 10.7. The van der Waals surface area contributed by atoms with E-state index in [0.29, 0.717) is 12.2 Å². The van der Waals surface area contributed by atoms with E-state index in [0.717, 1.165) is 18.5 Å². The second kappa shape index (κ2) is 4.22. The largest absolute Gasteiger partial charge is 0.481 e. The number of aliphatic carboxylic acids is 1. The normalized spacial score (nSPS) is 26.7. The van der Waals surface area contributed by atoms with Crippen LogP contribution >= 0.6 is 0 Å². The van der Waals surface area contributed by atoms with Crippen LogP contribution in [0.2, 0.25) is 0 Å². The molecule has 0 spiro atoms. The number of nitrogens with one attached hydrogen (secondary N) is 1. The molecule has 0 saturated heterocycles. The van der Waals surface area contributed by atoms with E-state index in [1.807, 2.05) is 18.3 Å². The summed E-state index contributed by atoms with van der Waals surface area (Å²) in [5.41, 5.74) is 0.0358. The molecule has 0 amide bonds. The predicted molar refractivity (Wildman–Crippen MR) is 70.0 cm³/mol. The molecule has 1 aliphatic carbocycles. The molecule has 0 bridgehead atoms. The van der Waals surface area contributed by atoms with Gasteiger partial charge in [-0.3, -0.25) is 4.79 Å². The highest BCUT2D eigenvalue weighted by Gasteiger charge is 2.45. The molecule has 3 rings (SSSR count). The lowest BCUT2D eigenvalue weighted by molar-refractivity contribution is -0.147. The second-order valence-corrected chi connectivity index (χ2v) is 5.26. The molecule has 6 heteroatoms. The third-order valence-corrected chi connectivity index (χ3v) is 4.03. The third kappa shape index (κ3) is 1.93. The van der Waals surface area contributed by atoms with Crippen molar-refractivity contribution >= 4 is 17.4 Å². The molecule has 2 N–H and O–H groups in total. The molecule has 1 fully saturated rings. The Labute approximate surface area is 110 Å². The second-order valence-electron chi connectivity index (χ2n) is 5.26. The fourth-order valence-electron chi connectivity index (χ4n) is 2.73. The van der Waals surface area contributed by atoms with Gasteiger partial charge in [-0.1, -0.05) is 6.42 Å². The van der Waals surface area contributed by atoms with Crippen molar-refractivity contribution in [1.82, 2.24) is 14.6 Å². The lowest BCUT2D eigenvalue weighted by Crippen LogP contribution is -2.40. The Bertz CT molecular complexity index is 624. The number of carboxylic acids is 1. The average molecular weight is 260 g/mol. The Kier molecular flexibility index (Phi) is 2.66. The van der Waals surface area contributed by atoms with Crippen molar-refractivity contribution in [2.24, 2.45) is 5.41 Å². The van der Waals surface area contributed by atoms with Gasteiger partial charge in [0.25, 0.3) is 0 Å². The third-order valence-electron chi connectivity index (χ3n) is 4.03. The molecule has 19 heavy (non-hydrogen) atoms. The number of nitrogens with zero attached hydrogens (tertiary/aromatic N) is 3. The summed E-state index contributed by atoms with van der Waals surface area (Å²) in [5, 5.41) is 16.7. The van der Waals surface area contributed by atoms with Crippen LogP contribution in [0.1, 0.15) is 26.2 Å². The lowest BCUT2D eigenvalue weighted by Gasteiger charge is -2.28. The van der Waals surface area contributed by atoms with Crippen molar-refractivity contribution in [2.75, 3.05) is 5.32 Å². The van der Waals surface area contributed by atoms with Crippen molar-refractivity contribution < 1.29 is 9.90 Å². The van der Waals surface area contributed by atoms with Crippen LogP contribution in [0.5, 0.6) is 0 Å². The van der Waals surface area contributed by atoms with E-state index >= 15 is 0 Å². The minimum Gasteiger partial charge on any atom is -0.481 e. The molecule has 2 atom stereocenters. The van der Waals surface area contributed by atoms with Gasteiger partial charge in [-0.05, 0) is 25.8 Å². The van der Waals surface area contributed by atoms with Crippen LogP contribution in [0.4, 0.5) is 5.82 Å². The van der Waals surface area contributed by atoms with E-state index in [9.17, 15) is 9.90 Å². The van der Waals surface area contributed by atoms with Gasteiger partial charge < -0.3 is 10.4 Å². The molecular weight excluding hydrogens is 244 g/mol. The molecule has 2 heterocycles. The molecule has 1 aliphatic rings. The highest BCUT2D eigenvalue weighted by atomic mass is 16.4. The molecule has 2 unspecified atom stereocenters. The molecule has 2 aromatic rings. The number of anilines is 1. The Morgan fingerprint density at radius 3 is 3.21 bits per heavy atom. The number of hydrogen-bond acceptors (Lipinski definition) is 4. The minimum absolute atomic E-state index is 0.0807. The van der Waals surface area contributed by atoms with Crippen LogP contribution in [0, 0.1) is 5.41 Å². The van der Waals surface area contributed by atoms with Crippen molar-refractivity contribution in [3.63, 3.8) is 0 Å². The first-order valence-corrected chi connectivity index (χ1v) is 6.40. The molecule has 1 saturated carbocycles. The maximum atomic E-state index is 11.4. The zero-order valence-corrected chi connectivity index (χ0v) is 10.7. The standard InChI is InChI=1S/C13H16N4O2/c1-13(12(18)19)6-2-3-9(13)15-10-5-8-17-11(16-10)4-7-14-17/h4-5,7-9H,2-3,6H2,1H3,(H,15,16)(H,18,19). The Balaban J connectivity index is 1.86. The zero-order chi connectivity index (χ0) is 13.5. The summed E-state index contributed by atoms with van der Waals surface area (Å²) in [5.74, 6) is -0.0414. The van der Waals surface area contributed by atoms with E-state index in [4.69, 9.17) is 0 Å². The summed E-state index contributed by atoms with van der Waals surface area (Å²) < 4.78 is 1.68. The molecule has 0 aliphatic heterocycles. The number of hydrogen-bond donors (Lipinski definition) is 2. The van der Waals surface area contributed by atoms with Crippen molar-refractivity contribution in [2.45, 2.75) is 32.2 Å². The molecule has 0 aromatic carbocycles. The van der Waals surface area contributed by atoms with Gasteiger partial charge in [0.05, 0.1) is 11.6 Å². The fraction of sp³-hybridized carbons (Fsp3) is 0.462. The Hall–Kier alpha value is -2.11. The van der Waals surface area contributed by atoms with Gasteiger partial charge in [-0.2, -0.15) is 5.10 Å². The van der Waals surface area contributed by atoms with E-state index < -0.39 is 11.4 Å². The van der Waals surface area contributed by atoms with E-state index in [1.54, 1.807) is 17.6 Å². The Morgan fingerprint density at radius 1 is 1.58 bits per heavy atom. The first kappa shape index (κ1) is 12.0. The molecule has 100 valence electrons. The Morgan fingerprint density at radius 2 is 2.42 bits per heavy atom. The topological polar surface area (TPSA) is 79.5 Å². The first-order chi connectivity index (χ1) is 9.09. The van der Waals surface area contributed by atoms with Crippen LogP contribution in [-0.4, -0.2) is 31.7 Å². The van der Waals surface area contributed by atoms with Gasteiger partial charge >= 0.3 is 5.97 Å². The minimum atomic E-state index is -0.743. The highest BCUT2D eigenvalue weighted by molar-refractivity contribution is 5.76. The van der Waals surface area contributed by atoms with Crippen molar-refractivity contribution in [3.8, 4) is 0 Å². The SMILES string of the molecule is CC1(C(=O)O)CCCC1Nc1ccn2nccc2n1. The number of aromatic nitrogens is 3. The average Bonchev–Trinajstić information content (AvgIpc) is 2.97. The monoisotopic (exact) mass is 260 g/mol. The van der Waals surface area contributed by atoms with Gasteiger partial charge in [-0.15, -0.1) is 0 Å². The van der Waals surface area contributed by atoms with Gasteiger partial charge in [0.1, 0.15) is 5.82 Å². The summed E-state index contributed by atoms with van der Waals surface area (Å²) in [6, 6.07) is 3.56. The summed E-state index contributed by atoms with van der Waals surface area (Å²) in [6.45, 7) is 1.80. The number of carboxylic acid groups (broad SMARTS) is 1. The lowest BCUT2D eigenvalue weighted by atomic mass is 9.85. The van der Waals surface area contributed by atoms with Crippen LogP contribution in [0.15, 0.2) is 24.5 Å². The van der Waals surface area contributed by atoms with Gasteiger partial charge in [0, 0.05) is 18.3 Å². The maximum absolute atomic E-state index is 11.4. The van der Waals surface area contributed by atoms with E-state index in [1.165, 1.54) is 0 Å². The highest BCUT2D eigenvalue weighted by Crippen LogP contribution is 2.39. The number of fused-ring (bicyclic) bond motifs is 1. The molecule has 2 aromatic heterocycles. The van der Waals surface area contributed by atoms with E-state index in [-0.39, 0.29) is 6.04 Å². The van der Waals surface area contributed by atoms with Crippen LogP contribution in [0.3, 0.4) is 0 Å². The van der Waals surface area contributed by atoms with Gasteiger partial charge in [-0.25, -0.2) is 9.50 Å². The van der Waals surface area contributed by atoms with Crippen LogP contribution in [-0.2, 0) is 4.79 Å². The van der Waals surface area contributed by atoms with Gasteiger partial charge in [0.15, 0.2) is 5.65 Å².